The molecule has 0 radical (unpaired) electrons. The van der Waals surface area contributed by atoms with E-state index in [9.17, 15) is 4.79 Å². The molecule has 0 aliphatic rings. The first-order chi connectivity index (χ1) is 7.72. The highest BCUT2D eigenvalue weighted by Gasteiger charge is 2.16. The molecule has 0 aliphatic heterocycles. The second-order valence-corrected chi connectivity index (χ2v) is 6.12. The van der Waals surface area contributed by atoms with E-state index in [1.54, 1.807) is 16.0 Å². The second kappa shape index (κ2) is 5.05. The van der Waals surface area contributed by atoms with Crippen molar-refractivity contribution in [1.82, 2.24) is 15.0 Å². The van der Waals surface area contributed by atoms with Crippen molar-refractivity contribution in [2.24, 2.45) is 0 Å². The number of ketones is 1. The average Bonchev–Trinajstić information content (AvgIpc) is 2.87. The van der Waals surface area contributed by atoms with Gasteiger partial charge in [-0.2, -0.15) is 0 Å². The number of rotatable bonds is 4. The Morgan fingerprint density at radius 1 is 1.62 bits per heavy atom. The highest BCUT2D eigenvalue weighted by atomic mass is 127. The smallest absolute Gasteiger partial charge is 0.213 e. The summed E-state index contributed by atoms with van der Waals surface area (Å²) in [6.45, 7) is 2.77. The van der Waals surface area contributed by atoms with Crippen LogP contribution in [0.5, 0.6) is 0 Å². The lowest BCUT2D eigenvalue weighted by molar-refractivity contribution is 0.102. The van der Waals surface area contributed by atoms with Crippen molar-refractivity contribution in [1.29, 1.82) is 0 Å². The van der Waals surface area contributed by atoms with Gasteiger partial charge in [-0.25, -0.2) is 4.68 Å². The fourth-order valence-electron chi connectivity index (χ4n) is 1.39. The van der Waals surface area contributed by atoms with Crippen molar-refractivity contribution in [3.63, 3.8) is 0 Å². The molecule has 0 unspecified atom stereocenters. The zero-order chi connectivity index (χ0) is 11.5. The van der Waals surface area contributed by atoms with Crippen LogP contribution in [0, 0.1) is 2.88 Å². The van der Waals surface area contributed by atoms with Crippen molar-refractivity contribution in [3.05, 3.63) is 31.8 Å². The molecule has 2 aromatic rings. The van der Waals surface area contributed by atoms with Gasteiger partial charge >= 0.3 is 0 Å². The first kappa shape index (κ1) is 11.7. The molecule has 84 valence electrons. The number of hydrogen-bond donors (Lipinski definition) is 0. The van der Waals surface area contributed by atoms with E-state index < -0.39 is 0 Å². The maximum absolute atomic E-state index is 12.1. The first-order valence-electron chi connectivity index (χ1n) is 4.89. The lowest BCUT2D eigenvalue weighted by atomic mass is 10.2. The fourth-order valence-corrected chi connectivity index (χ4v) is 2.71. The molecule has 4 nitrogen and oxygen atoms in total. The number of aryl methyl sites for hydroxylation is 1. The van der Waals surface area contributed by atoms with Gasteiger partial charge in [0.15, 0.2) is 0 Å². The summed E-state index contributed by atoms with van der Waals surface area (Å²) in [7, 11) is 0. The van der Waals surface area contributed by atoms with Gasteiger partial charge in [-0.3, -0.25) is 4.79 Å². The van der Waals surface area contributed by atoms with Gasteiger partial charge in [-0.15, -0.1) is 16.4 Å². The van der Waals surface area contributed by atoms with Crippen molar-refractivity contribution >= 4 is 39.7 Å². The molecule has 0 saturated heterocycles. The second-order valence-electron chi connectivity index (χ2n) is 3.31. The summed E-state index contributed by atoms with van der Waals surface area (Å²) < 4.78 is 2.77. The van der Waals surface area contributed by atoms with Crippen LogP contribution in [0.3, 0.4) is 0 Å². The zero-order valence-corrected chi connectivity index (χ0v) is 11.7. The summed E-state index contributed by atoms with van der Waals surface area (Å²) in [5.41, 5.74) is 1.28. The number of carbonyl (C=O) groups excluding carboxylic acids is 1. The van der Waals surface area contributed by atoms with Gasteiger partial charge in [0.1, 0.15) is 5.69 Å². The van der Waals surface area contributed by atoms with E-state index in [2.05, 4.69) is 32.9 Å². The summed E-state index contributed by atoms with van der Waals surface area (Å²) in [4.78, 5) is 12.1. The van der Waals surface area contributed by atoms with E-state index in [1.165, 1.54) is 6.20 Å². The third kappa shape index (κ3) is 2.32. The third-order valence-corrected chi connectivity index (χ3v) is 3.90. The average molecular weight is 347 g/mol. The highest BCUT2D eigenvalue weighted by molar-refractivity contribution is 14.1. The molecule has 0 atom stereocenters. The standard InChI is InChI=1S/C10H10IN3OS/c1-2-3-14-8(5-12-13-14)10(15)7-4-9(11)16-6-7/h4-6H,2-3H2,1H3. The first-order valence-corrected chi connectivity index (χ1v) is 6.85. The highest BCUT2D eigenvalue weighted by Crippen LogP contribution is 2.19. The predicted molar refractivity (Wildman–Crippen MR) is 70.8 cm³/mol. The summed E-state index contributed by atoms with van der Waals surface area (Å²) >= 11 is 3.77. The van der Waals surface area contributed by atoms with Crippen LogP contribution in [-0.2, 0) is 6.54 Å². The van der Waals surface area contributed by atoms with Gasteiger partial charge < -0.3 is 0 Å². The molecule has 6 heteroatoms. The molecular formula is C10H10IN3OS. The zero-order valence-electron chi connectivity index (χ0n) is 8.68. The van der Waals surface area contributed by atoms with Crippen LogP contribution in [0.25, 0.3) is 0 Å². The van der Waals surface area contributed by atoms with E-state index in [0.29, 0.717) is 11.3 Å². The molecule has 0 bridgehead atoms. The molecule has 2 heterocycles. The predicted octanol–water partition coefficient (Wildman–Crippen LogP) is 2.59. The number of aromatic nitrogens is 3. The largest absolute Gasteiger partial charge is 0.287 e. The minimum absolute atomic E-state index is 0.00221. The number of halogens is 1. The van der Waals surface area contributed by atoms with E-state index in [-0.39, 0.29) is 5.78 Å². The molecule has 2 aromatic heterocycles. The molecular weight excluding hydrogens is 337 g/mol. The molecule has 2 rings (SSSR count). The molecule has 0 aliphatic carbocycles. The maximum atomic E-state index is 12.1. The Morgan fingerprint density at radius 2 is 2.44 bits per heavy atom. The van der Waals surface area contributed by atoms with Gasteiger partial charge in [0.05, 0.1) is 9.08 Å². The molecule has 0 amide bonds. The van der Waals surface area contributed by atoms with E-state index in [0.717, 1.165) is 15.8 Å². The van der Waals surface area contributed by atoms with Gasteiger partial charge in [-0.1, -0.05) is 12.1 Å². The Bertz CT molecular complexity index is 506. The van der Waals surface area contributed by atoms with Crippen molar-refractivity contribution in [2.75, 3.05) is 0 Å². The minimum Gasteiger partial charge on any atom is -0.287 e. The van der Waals surface area contributed by atoms with Crippen molar-refractivity contribution in [2.45, 2.75) is 19.9 Å². The molecule has 0 fully saturated rings. The van der Waals surface area contributed by atoms with Gasteiger partial charge in [0, 0.05) is 17.5 Å². The monoisotopic (exact) mass is 347 g/mol. The molecule has 0 spiro atoms. The Morgan fingerprint density at radius 3 is 3.06 bits per heavy atom. The number of nitrogens with zero attached hydrogens (tertiary/aromatic N) is 3. The van der Waals surface area contributed by atoms with Crippen LogP contribution >= 0.6 is 33.9 Å². The number of thiophene rings is 1. The van der Waals surface area contributed by atoms with E-state index >= 15 is 0 Å². The SMILES string of the molecule is CCCn1nncc1C(=O)c1csc(I)c1. The van der Waals surface area contributed by atoms with Gasteiger partial charge in [-0.05, 0) is 35.1 Å². The molecule has 0 saturated carbocycles. The van der Waals surface area contributed by atoms with Crippen LogP contribution in [0.4, 0.5) is 0 Å². The van der Waals surface area contributed by atoms with Gasteiger partial charge in [0.25, 0.3) is 0 Å². The van der Waals surface area contributed by atoms with Crippen LogP contribution < -0.4 is 0 Å². The molecule has 16 heavy (non-hydrogen) atoms. The summed E-state index contributed by atoms with van der Waals surface area (Å²) in [5, 5.41) is 9.56. The molecule has 0 aromatic carbocycles. The normalized spacial score (nSPS) is 10.6. The number of carbonyl (C=O) groups is 1. The lowest BCUT2D eigenvalue weighted by Gasteiger charge is -2.01. The van der Waals surface area contributed by atoms with Gasteiger partial charge in [0.2, 0.25) is 5.78 Å². The topological polar surface area (TPSA) is 47.8 Å². The fraction of sp³-hybridized carbons (Fsp3) is 0.300. The van der Waals surface area contributed by atoms with E-state index in [1.807, 2.05) is 18.4 Å². The summed E-state index contributed by atoms with van der Waals surface area (Å²) in [5.74, 6) is -0.00221. The minimum atomic E-state index is -0.00221. The van der Waals surface area contributed by atoms with Crippen LogP contribution in [0.2, 0.25) is 0 Å². The summed E-state index contributed by atoms with van der Waals surface area (Å²) in [6.07, 6.45) is 2.47. The third-order valence-electron chi connectivity index (χ3n) is 2.12. The van der Waals surface area contributed by atoms with E-state index in [4.69, 9.17) is 0 Å². The summed E-state index contributed by atoms with van der Waals surface area (Å²) in [6, 6.07) is 1.89. The Balaban J connectivity index is 2.30. The Labute approximate surface area is 111 Å². The lowest BCUT2D eigenvalue weighted by Crippen LogP contribution is -2.10. The van der Waals surface area contributed by atoms with Crippen LogP contribution in [-0.4, -0.2) is 20.8 Å². The molecule has 0 N–H and O–H groups in total. The van der Waals surface area contributed by atoms with Crippen molar-refractivity contribution in [3.8, 4) is 0 Å². The number of hydrogen-bond acceptors (Lipinski definition) is 4. The van der Waals surface area contributed by atoms with Crippen molar-refractivity contribution < 1.29 is 4.79 Å². The van der Waals surface area contributed by atoms with Crippen LogP contribution in [0.15, 0.2) is 17.6 Å². The quantitative estimate of drug-likeness (QED) is 0.631. The Hall–Kier alpha value is -0.760. The van der Waals surface area contributed by atoms with Crippen LogP contribution in [0.1, 0.15) is 29.4 Å². The maximum Gasteiger partial charge on any atom is 0.213 e. The Kier molecular flexibility index (Phi) is 3.70.